The van der Waals surface area contributed by atoms with E-state index >= 15 is 0 Å². The maximum Gasteiger partial charge on any atom is 0.129 e. The Morgan fingerprint density at radius 2 is 1.88 bits per heavy atom. The van der Waals surface area contributed by atoms with E-state index in [4.69, 9.17) is 0 Å². The third kappa shape index (κ3) is 2.83. The van der Waals surface area contributed by atoms with Gasteiger partial charge in [-0.15, -0.1) is 0 Å². The summed E-state index contributed by atoms with van der Waals surface area (Å²) in [7, 11) is 0. The highest BCUT2D eigenvalue weighted by atomic mass is 19.1. The molecule has 0 spiro atoms. The van der Waals surface area contributed by atoms with Gasteiger partial charge in [-0.25, -0.2) is 8.78 Å². The van der Waals surface area contributed by atoms with Crippen LogP contribution in [0.2, 0.25) is 0 Å². The molecule has 0 amide bonds. The molecule has 1 nitrogen and oxygen atoms in total. The van der Waals surface area contributed by atoms with Gasteiger partial charge in [0.1, 0.15) is 11.6 Å². The molecule has 2 rings (SSSR count). The first-order valence-electron chi connectivity index (χ1n) is 6.03. The Labute approximate surface area is 101 Å². The molecule has 0 unspecified atom stereocenters. The predicted octanol–water partition coefficient (Wildman–Crippen LogP) is 3.38. The summed E-state index contributed by atoms with van der Waals surface area (Å²) in [6.45, 7) is 7.01. The molecule has 1 saturated carbocycles. The zero-order chi connectivity index (χ0) is 12.7. The lowest BCUT2D eigenvalue weighted by atomic mass is 9.94. The van der Waals surface area contributed by atoms with E-state index < -0.39 is 11.6 Å². The maximum absolute atomic E-state index is 13.7. The molecule has 0 saturated heterocycles. The molecule has 1 aliphatic rings. The normalized spacial score (nSPS) is 18.2. The summed E-state index contributed by atoms with van der Waals surface area (Å²) in [5, 5.41) is 3.40. The van der Waals surface area contributed by atoms with Gasteiger partial charge in [-0.3, -0.25) is 0 Å². The lowest BCUT2D eigenvalue weighted by Gasteiger charge is -2.25. The molecule has 1 N–H and O–H groups in total. The number of rotatable bonds is 3. The summed E-state index contributed by atoms with van der Waals surface area (Å²) in [5.41, 5.74) is 0.549. The number of hydrogen-bond donors (Lipinski definition) is 1. The van der Waals surface area contributed by atoms with Crippen LogP contribution in [-0.4, -0.2) is 12.1 Å². The summed E-state index contributed by atoms with van der Waals surface area (Å²) in [6, 6.07) is 3.91. The van der Waals surface area contributed by atoms with Crippen molar-refractivity contribution in [2.75, 3.05) is 6.54 Å². The van der Waals surface area contributed by atoms with E-state index in [1.54, 1.807) is 6.07 Å². The lowest BCUT2D eigenvalue weighted by molar-refractivity contribution is 0.394. The zero-order valence-electron chi connectivity index (χ0n) is 10.6. The van der Waals surface area contributed by atoms with Crippen molar-refractivity contribution in [3.8, 4) is 0 Å². The highest BCUT2D eigenvalue weighted by molar-refractivity contribution is 5.33. The van der Waals surface area contributed by atoms with Crippen molar-refractivity contribution in [1.29, 1.82) is 0 Å². The first-order valence-corrected chi connectivity index (χ1v) is 6.03. The largest absolute Gasteiger partial charge is 0.311 e. The highest BCUT2D eigenvalue weighted by Gasteiger charge is 2.46. The van der Waals surface area contributed by atoms with Crippen molar-refractivity contribution in [2.24, 2.45) is 0 Å². The van der Waals surface area contributed by atoms with E-state index in [1.165, 1.54) is 6.07 Å². The number of hydrogen-bond acceptors (Lipinski definition) is 1. The van der Waals surface area contributed by atoms with Crippen molar-refractivity contribution in [3.63, 3.8) is 0 Å². The molecule has 0 heterocycles. The van der Waals surface area contributed by atoms with Gasteiger partial charge >= 0.3 is 0 Å². The fraction of sp³-hybridized carbons (Fsp3) is 0.571. The van der Waals surface area contributed by atoms with Crippen LogP contribution in [0.3, 0.4) is 0 Å². The number of halogens is 2. The minimum atomic E-state index is -0.508. The van der Waals surface area contributed by atoms with Gasteiger partial charge in [0.05, 0.1) is 0 Å². The highest BCUT2D eigenvalue weighted by Crippen LogP contribution is 2.48. The van der Waals surface area contributed by atoms with Crippen LogP contribution >= 0.6 is 0 Å². The molecule has 0 radical (unpaired) electrons. The third-order valence-corrected chi connectivity index (χ3v) is 3.31. The second-order valence-corrected chi connectivity index (χ2v) is 6.01. The number of benzene rings is 1. The summed E-state index contributed by atoms with van der Waals surface area (Å²) < 4.78 is 26.6. The third-order valence-electron chi connectivity index (χ3n) is 3.31. The van der Waals surface area contributed by atoms with Gasteiger partial charge in [0.2, 0.25) is 0 Å². The second kappa shape index (κ2) is 4.05. The second-order valence-electron chi connectivity index (χ2n) is 6.01. The Balaban J connectivity index is 2.16. The molecule has 1 aliphatic carbocycles. The fourth-order valence-corrected chi connectivity index (χ4v) is 2.05. The van der Waals surface area contributed by atoms with E-state index in [2.05, 4.69) is 26.1 Å². The van der Waals surface area contributed by atoms with Gasteiger partial charge < -0.3 is 5.32 Å². The summed E-state index contributed by atoms with van der Waals surface area (Å²) in [6.07, 6.45) is 1.94. The monoisotopic (exact) mass is 239 g/mol. The SMILES string of the molecule is CC(C)(C)NCC1(c2ccc(F)cc2F)CC1. The standard InChI is InChI=1S/C14H19F2N/c1-13(2,3)17-9-14(6-7-14)11-5-4-10(15)8-12(11)16/h4-5,8,17H,6-7,9H2,1-3H3. The average molecular weight is 239 g/mol. The van der Waals surface area contributed by atoms with Crippen molar-refractivity contribution >= 4 is 0 Å². The Kier molecular flexibility index (Phi) is 2.98. The van der Waals surface area contributed by atoms with Gasteiger partial charge in [-0.2, -0.15) is 0 Å². The summed E-state index contributed by atoms with van der Waals surface area (Å²) in [4.78, 5) is 0. The van der Waals surface area contributed by atoms with Crippen LogP contribution in [0.1, 0.15) is 39.2 Å². The molecule has 0 bridgehead atoms. The van der Waals surface area contributed by atoms with Crippen LogP contribution in [0, 0.1) is 11.6 Å². The van der Waals surface area contributed by atoms with Crippen molar-refractivity contribution in [1.82, 2.24) is 5.32 Å². The van der Waals surface area contributed by atoms with Gasteiger partial charge in [-0.05, 0) is 45.2 Å². The summed E-state index contributed by atoms with van der Waals surface area (Å²) in [5.74, 6) is -0.927. The lowest BCUT2D eigenvalue weighted by Crippen LogP contribution is -2.41. The smallest absolute Gasteiger partial charge is 0.129 e. The topological polar surface area (TPSA) is 12.0 Å². The minimum absolute atomic E-state index is 0.0199. The molecule has 3 heteroatoms. The van der Waals surface area contributed by atoms with E-state index in [0.717, 1.165) is 25.5 Å². The van der Waals surface area contributed by atoms with Crippen molar-refractivity contribution < 1.29 is 8.78 Å². The Hall–Kier alpha value is -0.960. The number of nitrogens with one attached hydrogen (secondary N) is 1. The zero-order valence-corrected chi connectivity index (χ0v) is 10.6. The van der Waals surface area contributed by atoms with Gasteiger partial charge in [0.15, 0.2) is 0 Å². The molecule has 1 aromatic carbocycles. The minimum Gasteiger partial charge on any atom is -0.311 e. The first kappa shape index (κ1) is 12.5. The van der Waals surface area contributed by atoms with Crippen LogP contribution in [0.15, 0.2) is 18.2 Å². The fourth-order valence-electron chi connectivity index (χ4n) is 2.05. The quantitative estimate of drug-likeness (QED) is 0.852. The van der Waals surface area contributed by atoms with Crippen molar-refractivity contribution in [2.45, 2.75) is 44.6 Å². The van der Waals surface area contributed by atoms with E-state index in [9.17, 15) is 8.78 Å². The van der Waals surface area contributed by atoms with E-state index in [-0.39, 0.29) is 11.0 Å². The molecule has 0 aromatic heterocycles. The Morgan fingerprint density at radius 3 is 2.35 bits per heavy atom. The Morgan fingerprint density at radius 1 is 1.24 bits per heavy atom. The Bertz CT molecular complexity index is 417. The molecule has 0 atom stereocenters. The molecule has 94 valence electrons. The van der Waals surface area contributed by atoms with Crippen LogP contribution in [0.5, 0.6) is 0 Å². The first-order chi connectivity index (χ1) is 7.82. The van der Waals surface area contributed by atoms with E-state index in [1.807, 2.05) is 0 Å². The average Bonchev–Trinajstić information content (AvgIpc) is 2.95. The molecule has 1 aromatic rings. The van der Waals surface area contributed by atoms with Crippen LogP contribution in [0.4, 0.5) is 8.78 Å². The molecule has 0 aliphatic heterocycles. The van der Waals surface area contributed by atoms with Gasteiger partial charge in [-0.1, -0.05) is 6.07 Å². The predicted molar refractivity (Wildman–Crippen MR) is 65.0 cm³/mol. The molecule has 1 fully saturated rings. The molecular weight excluding hydrogens is 220 g/mol. The maximum atomic E-state index is 13.7. The molecular formula is C14H19F2N. The van der Waals surface area contributed by atoms with Crippen LogP contribution in [-0.2, 0) is 5.41 Å². The van der Waals surface area contributed by atoms with Crippen LogP contribution < -0.4 is 5.32 Å². The van der Waals surface area contributed by atoms with Crippen molar-refractivity contribution in [3.05, 3.63) is 35.4 Å². The van der Waals surface area contributed by atoms with Gasteiger partial charge in [0.25, 0.3) is 0 Å². The summed E-state index contributed by atoms with van der Waals surface area (Å²) >= 11 is 0. The van der Waals surface area contributed by atoms with Gasteiger partial charge in [0, 0.05) is 23.6 Å². The van der Waals surface area contributed by atoms with E-state index in [0.29, 0.717) is 5.56 Å². The molecule has 17 heavy (non-hydrogen) atoms. The van der Waals surface area contributed by atoms with Crippen LogP contribution in [0.25, 0.3) is 0 Å².